The summed E-state index contributed by atoms with van der Waals surface area (Å²) >= 11 is 0. The average molecular weight is 435 g/mol. The van der Waals surface area contributed by atoms with Gasteiger partial charge in [-0.1, -0.05) is 5.16 Å². The van der Waals surface area contributed by atoms with Gasteiger partial charge in [-0.05, 0) is 51.0 Å². The van der Waals surface area contributed by atoms with E-state index in [0.717, 1.165) is 18.7 Å². The van der Waals surface area contributed by atoms with Gasteiger partial charge in [-0.25, -0.2) is 13.2 Å². The number of nitrogens with zero attached hydrogens (tertiary/aromatic N) is 4. The zero-order chi connectivity index (χ0) is 21.3. The number of ether oxygens (including phenoxy) is 1. The first-order valence-corrected chi connectivity index (χ1v) is 11.7. The molecule has 0 unspecified atom stereocenters. The van der Waals surface area contributed by atoms with Crippen molar-refractivity contribution in [2.75, 3.05) is 32.8 Å². The summed E-state index contributed by atoms with van der Waals surface area (Å²) in [6.07, 6.45) is 2.23. The van der Waals surface area contributed by atoms with E-state index in [1.54, 1.807) is 6.92 Å². The number of carbonyl (C=O) groups is 1. The molecule has 1 aliphatic heterocycles. The van der Waals surface area contributed by atoms with Crippen LogP contribution < -0.4 is 0 Å². The van der Waals surface area contributed by atoms with Crippen molar-refractivity contribution in [2.24, 2.45) is 0 Å². The van der Waals surface area contributed by atoms with Crippen LogP contribution in [0.3, 0.4) is 0 Å². The van der Waals surface area contributed by atoms with Crippen molar-refractivity contribution < 1.29 is 22.5 Å². The third-order valence-electron chi connectivity index (χ3n) is 5.58. The molecule has 9 nitrogen and oxygen atoms in total. The first kappa shape index (κ1) is 21.0. The lowest BCUT2D eigenvalue weighted by molar-refractivity contribution is 0.0526. The third-order valence-corrected chi connectivity index (χ3v) is 7.49. The van der Waals surface area contributed by atoms with Gasteiger partial charge >= 0.3 is 5.97 Å². The smallest absolute Gasteiger partial charge is 0.338 e. The van der Waals surface area contributed by atoms with E-state index in [1.807, 2.05) is 6.92 Å². The summed E-state index contributed by atoms with van der Waals surface area (Å²) in [5.41, 5.74) is 0.333. The molecule has 10 heteroatoms. The second-order valence-corrected chi connectivity index (χ2v) is 9.56. The van der Waals surface area contributed by atoms with Crippen LogP contribution >= 0.6 is 0 Å². The van der Waals surface area contributed by atoms with Crippen molar-refractivity contribution in [1.82, 2.24) is 19.3 Å². The van der Waals surface area contributed by atoms with E-state index < -0.39 is 16.0 Å². The fourth-order valence-electron chi connectivity index (χ4n) is 3.54. The highest BCUT2D eigenvalue weighted by Crippen LogP contribution is 2.38. The third kappa shape index (κ3) is 4.26. The van der Waals surface area contributed by atoms with Gasteiger partial charge in [0.2, 0.25) is 15.9 Å². The van der Waals surface area contributed by atoms with E-state index in [0.29, 0.717) is 43.6 Å². The number of benzene rings is 1. The van der Waals surface area contributed by atoms with Crippen molar-refractivity contribution in [2.45, 2.75) is 43.5 Å². The maximum absolute atomic E-state index is 13.0. The number of sulfonamides is 1. The van der Waals surface area contributed by atoms with Crippen LogP contribution in [0.1, 0.15) is 60.7 Å². The van der Waals surface area contributed by atoms with E-state index in [-0.39, 0.29) is 17.5 Å². The normalized spacial score (nSPS) is 19.5. The van der Waals surface area contributed by atoms with Gasteiger partial charge in [0.15, 0.2) is 5.82 Å². The lowest BCUT2D eigenvalue weighted by Gasteiger charge is -2.36. The Labute approximate surface area is 176 Å². The molecule has 2 aromatic rings. The van der Waals surface area contributed by atoms with Crippen LogP contribution in [0.2, 0.25) is 0 Å². The predicted octanol–water partition coefficient (Wildman–Crippen LogP) is 2.19. The lowest BCUT2D eigenvalue weighted by Crippen LogP contribution is -2.49. The minimum atomic E-state index is -3.63. The molecule has 0 bridgehead atoms. The van der Waals surface area contributed by atoms with Crippen LogP contribution in [0.25, 0.3) is 0 Å². The molecule has 2 aliphatic rings. The van der Waals surface area contributed by atoms with Gasteiger partial charge in [-0.2, -0.15) is 9.29 Å². The van der Waals surface area contributed by atoms with Gasteiger partial charge in [0.25, 0.3) is 0 Å². The van der Waals surface area contributed by atoms with Gasteiger partial charge in [0.1, 0.15) is 0 Å². The fourth-order valence-corrected chi connectivity index (χ4v) is 4.96. The summed E-state index contributed by atoms with van der Waals surface area (Å²) in [6, 6.07) is 5.81. The summed E-state index contributed by atoms with van der Waals surface area (Å²) in [5.74, 6) is 1.34. The topological polar surface area (TPSA) is 106 Å². The number of hydrogen-bond acceptors (Lipinski definition) is 8. The van der Waals surface area contributed by atoms with Gasteiger partial charge in [0.05, 0.1) is 23.1 Å². The van der Waals surface area contributed by atoms with Crippen LogP contribution in [-0.4, -0.2) is 66.5 Å². The van der Waals surface area contributed by atoms with Crippen molar-refractivity contribution in [1.29, 1.82) is 0 Å². The number of esters is 1. The fraction of sp³-hybridized carbons (Fsp3) is 0.550. The Kier molecular flexibility index (Phi) is 5.90. The molecule has 1 aromatic heterocycles. The summed E-state index contributed by atoms with van der Waals surface area (Å²) < 4.78 is 37.8. The molecule has 0 spiro atoms. The molecule has 1 atom stereocenters. The summed E-state index contributed by atoms with van der Waals surface area (Å²) in [7, 11) is -3.63. The van der Waals surface area contributed by atoms with E-state index in [9.17, 15) is 13.2 Å². The lowest BCUT2D eigenvalue weighted by atomic mass is 10.2. The maximum Gasteiger partial charge on any atom is 0.338 e. The highest BCUT2D eigenvalue weighted by atomic mass is 32.2. The van der Waals surface area contributed by atoms with E-state index >= 15 is 0 Å². The largest absolute Gasteiger partial charge is 0.462 e. The molecule has 1 saturated carbocycles. The van der Waals surface area contributed by atoms with Crippen molar-refractivity contribution in [3.8, 4) is 0 Å². The molecule has 0 amide bonds. The number of carbonyl (C=O) groups excluding carboxylic acids is 1. The van der Waals surface area contributed by atoms with Crippen LogP contribution in [0.15, 0.2) is 33.7 Å². The standard InChI is InChI=1S/C20H26N4O5S/c1-3-28-20(25)16-6-8-17(9-7-16)30(26,27)24-12-10-23(11-13-24)14(2)19-21-18(22-29-19)15-4-5-15/h6-9,14-15H,3-5,10-13H2,1-2H3/t14-/m0/s1. The Morgan fingerprint density at radius 1 is 1.20 bits per heavy atom. The summed E-state index contributed by atoms with van der Waals surface area (Å²) in [5, 5.41) is 4.07. The quantitative estimate of drug-likeness (QED) is 0.611. The Balaban J connectivity index is 1.38. The molecule has 1 saturated heterocycles. The highest BCUT2D eigenvalue weighted by Gasteiger charge is 2.34. The Morgan fingerprint density at radius 2 is 1.87 bits per heavy atom. The van der Waals surface area contributed by atoms with Crippen LogP contribution in [0.4, 0.5) is 0 Å². The predicted molar refractivity (Wildman–Crippen MR) is 107 cm³/mol. The van der Waals surface area contributed by atoms with E-state index in [1.165, 1.54) is 28.6 Å². The Hall–Kier alpha value is -2.30. The average Bonchev–Trinajstić information content (AvgIpc) is 3.50. The van der Waals surface area contributed by atoms with Gasteiger partial charge < -0.3 is 9.26 Å². The maximum atomic E-state index is 13.0. The van der Waals surface area contributed by atoms with Crippen molar-refractivity contribution >= 4 is 16.0 Å². The Morgan fingerprint density at radius 3 is 2.47 bits per heavy atom. The second-order valence-electron chi connectivity index (χ2n) is 7.63. The molecule has 162 valence electrons. The van der Waals surface area contributed by atoms with Crippen molar-refractivity contribution in [3.05, 3.63) is 41.5 Å². The molecular weight excluding hydrogens is 408 g/mol. The summed E-state index contributed by atoms with van der Waals surface area (Å²) in [6.45, 7) is 5.88. The molecule has 0 N–H and O–H groups in total. The number of rotatable bonds is 7. The van der Waals surface area contributed by atoms with Crippen LogP contribution in [0.5, 0.6) is 0 Å². The molecule has 2 fully saturated rings. The molecule has 1 aliphatic carbocycles. The molecule has 0 radical (unpaired) electrons. The Bertz CT molecular complexity index is 992. The van der Waals surface area contributed by atoms with Crippen molar-refractivity contribution in [3.63, 3.8) is 0 Å². The minimum Gasteiger partial charge on any atom is -0.462 e. The van der Waals surface area contributed by atoms with Gasteiger partial charge in [-0.15, -0.1) is 0 Å². The molecule has 1 aromatic carbocycles. The molecule has 4 rings (SSSR count). The van der Waals surface area contributed by atoms with E-state index in [4.69, 9.17) is 9.26 Å². The minimum absolute atomic E-state index is 0.0567. The zero-order valence-electron chi connectivity index (χ0n) is 17.2. The molecule has 30 heavy (non-hydrogen) atoms. The number of piperazine rings is 1. The molecule has 2 heterocycles. The first-order chi connectivity index (χ1) is 14.4. The second kappa shape index (κ2) is 8.44. The summed E-state index contributed by atoms with van der Waals surface area (Å²) in [4.78, 5) is 18.6. The van der Waals surface area contributed by atoms with E-state index in [2.05, 4.69) is 15.0 Å². The molecular formula is C20H26N4O5S. The zero-order valence-corrected chi connectivity index (χ0v) is 18.0. The highest BCUT2D eigenvalue weighted by molar-refractivity contribution is 7.89. The number of aromatic nitrogens is 2. The van der Waals surface area contributed by atoms with Crippen LogP contribution in [0, 0.1) is 0 Å². The van der Waals surface area contributed by atoms with Gasteiger partial charge in [0, 0.05) is 32.1 Å². The monoisotopic (exact) mass is 434 g/mol. The SMILES string of the molecule is CCOC(=O)c1ccc(S(=O)(=O)N2CCN([C@@H](C)c3nc(C4CC4)no3)CC2)cc1. The van der Waals surface area contributed by atoms with Gasteiger partial charge in [-0.3, -0.25) is 4.90 Å². The van der Waals surface area contributed by atoms with Crippen LogP contribution in [-0.2, 0) is 14.8 Å². The number of hydrogen-bond donors (Lipinski definition) is 0. The first-order valence-electron chi connectivity index (χ1n) is 10.2.